The maximum Gasteiger partial charge on any atom is 0.159 e. The molecule has 17 heavy (non-hydrogen) atoms. The summed E-state index contributed by atoms with van der Waals surface area (Å²) in [6.07, 6.45) is 0.601. The fourth-order valence-corrected chi connectivity index (χ4v) is 1.69. The second-order valence-electron chi connectivity index (χ2n) is 3.79. The molecule has 0 unspecified atom stereocenters. The van der Waals surface area contributed by atoms with Gasteiger partial charge in [-0.3, -0.25) is 0 Å². The van der Waals surface area contributed by atoms with Crippen molar-refractivity contribution in [1.29, 1.82) is 0 Å². The van der Waals surface area contributed by atoms with Crippen molar-refractivity contribution >= 4 is 0 Å². The highest BCUT2D eigenvalue weighted by Crippen LogP contribution is 2.23. The van der Waals surface area contributed by atoms with Gasteiger partial charge >= 0.3 is 0 Å². The van der Waals surface area contributed by atoms with E-state index in [1.165, 1.54) is 12.1 Å². The summed E-state index contributed by atoms with van der Waals surface area (Å²) >= 11 is 0. The Kier molecular flexibility index (Phi) is 3.18. The molecule has 2 aromatic carbocycles. The van der Waals surface area contributed by atoms with Crippen LogP contribution >= 0.6 is 0 Å². The van der Waals surface area contributed by atoms with Gasteiger partial charge in [-0.05, 0) is 41.3 Å². The van der Waals surface area contributed by atoms with E-state index >= 15 is 0 Å². The molecule has 88 valence electrons. The van der Waals surface area contributed by atoms with Gasteiger partial charge in [-0.15, -0.1) is 0 Å². The molecule has 0 saturated carbocycles. The van der Waals surface area contributed by atoms with Crippen LogP contribution in [0.25, 0.3) is 11.1 Å². The van der Waals surface area contributed by atoms with E-state index in [4.69, 9.17) is 0 Å². The van der Waals surface area contributed by atoms with Gasteiger partial charge in [-0.1, -0.05) is 25.1 Å². The summed E-state index contributed by atoms with van der Waals surface area (Å²) in [7, 11) is 0. The van der Waals surface area contributed by atoms with E-state index in [-0.39, 0.29) is 5.82 Å². The summed E-state index contributed by atoms with van der Waals surface area (Å²) in [5.74, 6) is -2.16. The lowest BCUT2D eigenvalue weighted by Gasteiger charge is -2.05. The van der Waals surface area contributed by atoms with Gasteiger partial charge in [-0.2, -0.15) is 0 Å². The van der Waals surface area contributed by atoms with Crippen molar-refractivity contribution in [3.8, 4) is 11.1 Å². The highest BCUT2D eigenvalue weighted by molar-refractivity contribution is 5.63. The van der Waals surface area contributed by atoms with E-state index in [9.17, 15) is 13.2 Å². The Morgan fingerprint density at radius 1 is 0.765 bits per heavy atom. The van der Waals surface area contributed by atoms with Crippen LogP contribution in [0.1, 0.15) is 12.5 Å². The maximum absolute atomic E-state index is 13.5. The van der Waals surface area contributed by atoms with E-state index in [0.717, 1.165) is 12.1 Å². The molecular weight excluding hydrogens is 225 g/mol. The molecule has 0 aliphatic carbocycles. The topological polar surface area (TPSA) is 0 Å². The van der Waals surface area contributed by atoms with Crippen molar-refractivity contribution in [2.24, 2.45) is 0 Å². The molecular formula is C14H11F3. The zero-order chi connectivity index (χ0) is 12.4. The fraction of sp³-hybridized carbons (Fsp3) is 0.143. The number of aryl methyl sites for hydroxylation is 1. The van der Waals surface area contributed by atoms with Crippen LogP contribution in [0, 0.1) is 17.5 Å². The molecule has 0 N–H and O–H groups in total. The largest absolute Gasteiger partial charge is 0.207 e. The summed E-state index contributed by atoms with van der Waals surface area (Å²) in [5.41, 5.74) is 1.61. The number of benzene rings is 2. The summed E-state index contributed by atoms with van der Waals surface area (Å²) < 4.78 is 39.4. The molecule has 0 spiro atoms. The van der Waals surface area contributed by atoms with Crippen molar-refractivity contribution in [3.63, 3.8) is 0 Å². The minimum Gasteiger partial charge on any atom is -0.207 e. The van der Waals surface area contributed by atoms with Gasteiger partial charge in [0.15, 0.2) is 11.6 Å². The standard InChI is InChI=1S/C14H11F3/c1-2-9-3-4-10(7-13(9)16)11-5-6-12(15)14(17)8-11/h3-8H,2H2,1H3. The second kappa shape index (κ2) is 4.62. The molecule has 0 saturated heterocycles. The van der Waals surface area contributed by atoms with Crippen LogP contribution in [-0.2, 0) is 6.42 Å². The van der Waals surface area contributed by atoms with Crippen molar-refractivity contribution in [3.05, 3.63) is 59.4 Å². The third-order valence-corrected chi connectivity index (χ3v) is 2.69. The van der Waals surface area contributed by atoms with E-state index in [2.05, 4.69) is 0 Å². The normalized spacial score (nSPS) is 10.6. The van der Waals surface area contributed by atoms with Crippen molar-refractivity contribution < 1.29 is 13.2 Å². The minimum atomic E-state index is -0.928. The smallest absolute Gasteiger partial charge is 0.159 e. The Morgan fingerprint density at radius 3 is 1.88 bits per heavy atom. The first kappa shape index (κ1) is 11.7. The third-order valence-electron chi connectivity index (χ3n) is 2.69. The van der Waals surface area contributed by atoms with Crippen LogP contribution in [0.15, 0.2) is 36.4 Å². The fourth-order valence-electron chi connectivity index (χ4n) is 1.69. The molecule has 0 bridgehead atoms. The van der Waals surface area contributed by atoms with Crippen molar-refractivity contribution in [2.45, 2.75) is 13.3 Å². The Morgan fingerprint density at radius 2 is 1.35 bits per heavy atom. The zero-order valence-corrected chi connectivity index (χ0v) is 9.31. The molecule has 0 heterocycles. The van der Waals surface area contributed by atoms with Crippen LogP contribution in [0.3, 0.4) is 0 Å². The van der Waals surface area contributed by atoms with Gasteiger partial charge in [-0.25, -0.2) is 13.2 Å². The van der Waals surface area contributed by atoms with E-state index in [1.807, 2.05) is 6.92 Å². The Balaban J connectivity index is 2.46. The van der Waals surface area contributed by atoms with Crippen LogP contribution in [0.2, 0.25) is 0 Å². The first-order chi connectivity index (χ1) is 8.11. The number of hydrogen-bond acceptors (Lipinski definition) is 0. The number of hydrogen-bond donors (Lipinski definition) is 0. The SMILES string of the molecule is CCc1ccc(-c2ccc(F)c(F)c2)cc1F. The molecule has 3 heteroatoms. The number of rotatable bonds is 2. The molecule has 0 atom stereocenters. The Bertz CT molecular complexity index is 547. The molecule has 0 fully saturated rings. The van der Waals surface area contributed by atoms with Gasteiger partial charge in [0.25, 0.3) is 0 Å². The van der Waals surface area contributed by atoms with Crippen LogP contribution in [0.5, 0.6) is 0 Å². The highest BCUT2D eigenvalue weighted by Gasteiger charge is 2.07. The van der Waals surface area contributed by atoms with Crippen LogP contribution in [-0.4, -0.2) is 0 Å². The Hall–Kier alpha value is -1.77. The lowest BCUT2D eigenvalue weighted by atomic mass is 10.0. The van der Waals surface area contributed by atoms with Gasteiger partial charge in [0.05, 0.1) is 0 Å². The number of halogens is 3. The van der Waals surface area contributed by atoms with E-state index in [1.54, 1.807) is 12.1 Å². The second-order valence-corrected chi connectivity index (χ2v) is 3.79. The average molecular weight is 236 g/mol. The van der Waals surface area contributed by atoms with Crippen LogP contribution in [0.4, 0.5) is 13.2 Å². The van der Waals surface area contributed by atoms with Gasteiger partial charge in [0, 0.05) is 0 Å². The predicted octanol–water partition coefficient (Wildman–Crippen LogP) is 4.33. The quantitative estimate of drug-likeness (QED) is 0.727. The summed E-state index contributed by atoms with van der Waals surface area (Å²) in [4.78, 5) is 0. The van der Waals surface area contributed by atoms with E-state index < -0.39 is 11.6 Å². The molecule has 0 aliphatic rings. The minimum absolute atomic E-state index is 0.324. The predicted molar refractivity (Wildman–Crippen MR) is 61.1 cm³/mol. The van der Waals surface area contributed by atoms with Gasteiger partial charge in [0.1, 0.15) is 5.82 Å². The van der Waals surface area contributed by atoms with Crippen LogP contribution < -0.4 is 0 Å². The van der Waals surface area contributed by atoms with Crippen molar-refractivity contribution in [2.75, 3.05) is 0 Å². The monoisotopic (exact) mass is 236 g/mol. The lowest BCUT2D eigenvalue weighted by Crippen LogP contribution is -1.90. The zero-order valence-electron chi connectivity index (χ0n) is 9.31. The lowest BCUT2D eigenvalue weighted by molar-refractivity contribution is 0.509. The first-order valence-corrected chi connectivity index (χ1v) is 5.35. The average Bonchev–Trinajstić information content (AvgIpc) is 2.32. The highest BCUT2D eigenvalue weighted by atomic mass is 19.2. The summed E-state index contributed by atoms with van der Waals surface area (Å²) in [6.45, 7) is 1.86. The molecule has 0 aromatic heterocycles. The molecule has 0 aliphatic heterocycles. The summed E-state index contributed by atoms with van der Waals surface area (Å²) in [6, 6.07) is 8.23. The molecule has 2 rings (SSSR count). The van der Waals surface area contributed by atoms with E-state index in [0.29, 0.717) is 23.1 Å². The van der Waals surface area contributed by atoms with Crippen molar-refractivity contribution in [1.82, 2.24) is 0 Å². The molecule has 0 radical (unpaired) electrons. The maximum atomic E-state index is 13.5. The third kappa shape index (κ3) is 2.33. The molecule has 0 amide bonds. The molecule has 2 aromatic rings. The first-order valence-electron chi connectivity index (χ1n) is 5.35. The van der Waals surface area contributed by atoms with Gasteiger partial charge in [0.2, 0.25) is 0 Å². The van der Waals surface area contributed by atoms with Gasteiger partial charge < -0.3 is 0 Å². The molecule has 0 nitrogen and oxygen atoms in total. The summed E-state index contributed by atoms with van der Waals surface area (Å²) in [5, 5.41) is 0. The Labute approximate surface area is 97.7 Å².